The van der Waals surface area contributed by atoms with Crippen molar-refractivity contribution in [2.45, 2.75) is 76.9 Å². The van der Waals surface area contributed by atoms with E-state index >= 15 is 0 Å². The van der Waals surface area contributed by atoms with E-state index in [2.05, 4.69) is 31.2 Å². The van der Waals surface area contributed by atoms with Crippen molar-refractivity contribution >= 4 is 5.97 Å². The fourth-order valence-corrected chi connectivity index (χ4v) is 3.94. The van der Waals surface area contributed by atoms with Crippen LogP contribution in [0.1, 0.15) is 75.3 Å². The lowest BCUT2D eigenvalue weighted by Gasteiger charge is -2.31. The van der Waals surface area contributed by atoms with Gasteiger partial charge in [-0.3, -0.25) is 4.79 Å². The molecule has 0 aliphatic heterocycles. The molecule has 3 heteroatoms. The van der Waals surface area contributed by atoms with E-state index in [1.54, 1.807) is 0 Å². The number of carbonyl (C=O) groups excluding carboxylic acids is 1. The maximum absolute atomic E-state index is 12.2. The summed E-state index contributed by atoms with van der Waals surface area (Å²) in [4.78, 5) is 12.2. The Morgan fingerprint density at radius 2 is 1.82 bits per heavy atom. The van der Waals surface area contributed by atoms with E-state index in [-0.39, 0.29) is 18.0 Å². The Bertz CT molecular complexity index is 726. The number of unbranched alkanes of at least 4 members (excludes halogenated alkanes) is 2. The van der Waals surface area contributed by atoms with Crippen LogP contribution in [-0.2, 0) is 16.1 Å². The van der Waals surface area contributed by atoms with Crippen molar-refractivity contribution in [1.82, 2.24) is 0 Å². The summed E-state index contributed by atoms with van der Waals surface area (Å²) in [6.45, 7) is 2.71. The second-order valence-corrected chi connectivity index (χ2v) is 7.72. The fourth-order valence-electron chi connectivity index (χ4n) is 3.94. The standard InChI is InChI=1S/C25H32O3/c1-2-3-5-17-25(26)28-24-16-9-8-15-23(24)21-13-10-14-22(18-21)27-19-20-11-6-4-7-12-20/h4,6-7,10-14,18,23-24H,2-3,5,8-9,15-17,19H2,1H3/t23-,24+/m1/s1. The normalized spacial score (nSPS) is 19.2. The van der Waals surface area contributed by atoms with Crippen molar-refractivity contribution < 1.29 is 14.3 Å². The molecule has 0 N–H and O–H groups in total. The van der Waals surface area contributed by atoms with Crippen molar-refractivity contribution in [2.24, 2.45) is 0 Å². The van der Waals surface area contributed by atoms with Crippen molar-refractivity contribution in [3.05, 3.63) is 65.7 Å². The number of ether oxygens (including phenoxy) is 2. The molecule has 0 radical (unpaired) electrons. The summed E-state index contributed by atoms with van der Waals surface area (Å²) in [7, 11) is 0. The summed E-state index contributed by atoms with van der Waals surface area (Å²) in [5, 5.41) is 0. The Morgan fingerprint density at radius 3 is 2.64 bits per heavy atom. The van der Waals surface area contributed by atoms with E-state index < -0.39 is 0 Å². The summed E-state index contributed by atoms with van der Waals surface area (Å²) < 4.78 is 11.9. The SMILES string of the molecule is CCCCCC(=O)O[C@H]1CCCC[C@@H]1c1cccc(OCc2ccccc2)c1. The molecule has 2 atom stereocenters. The molecule has 0 heterocycles. The molecule has 0 unspecified atom stereocenters. The molecular formula is C25H32O3. The summed E-state index contributed by atoms with van der Waals surface area (Å²) >= 11 is 0. The monoisotopic (exact) mass is 380 g/mol. The molecule has 2 aromatic carbocycles. The first-order valence-electron chi connectivity index (χ1n) is 10.7. The molecule has 28 heavy (non-hydrogen) atoms. The highest BCUT2D eigenvalue weighted by atomic mass is 16.5. The highest BCUT2D eigenvalue weighted by Gasteiger charge is 2.29. The summed E-state index contributed by atoms with van der Waals surface area (Å²) in [5.41, 5.74) is 2.38. The second kappa shape index (κ2) is 10.9. The van der Waals surface area contributed by atoms with Gasteiger partial charge in [-0.15, -0.1) is 0 Å². The molecule has 0 amide bonds. The van der Waals surface area contributed by atoms with Crippen LogP contribution in [0.2, 0.25) is 0 Å². The van der Waals surface area contributed by atoms with Crippen LogP contribution < -0.4 is 4.74 Å². The smallest absolute Gasteiger partial charge is 0.306 e. The van der Waals surface area contributed by atoms with Gasteiger partial charge in [-0.2, -0.15) is 0 Å². The van der Waals surface area contributed by atoms with Gasteiger partial charge in [-0.25, -0.2) is 0 Å². The molecular weight excluding hydrogens is 348 g/mol. The molecule has 3 nitrogen and oxygen atoms in total. The van der Waals surface area contributed by atoms with Crippen LogP contribution in [0.25, 0.3) is 0 Å². The quantitative estimate of drug-likeness (QED) is 0.372. The maximum Gasteiger partial charge on any atom is 0.306 e. The van der Waals surface area contributed by atoms with E-state index in [4.69, 9.17) is 9.47 Å². The largest absolute Gasteiger partial charge is 0.489 e. The highest BCUT2D eigenvalue weighted by molar-refractivity contribution is 5.69. The van der Waals surface area contributed by atoms with E-state index in [0.29, 0.717) is 13.0 Å². The predicted octanol–water partition coefficient (Wildman–Crippen LogP) is 6.42. The maximum atomic E-state index is 12.2. The van der Waals surface area contributed by atoms with Crippen molar-refractivity contribution in [2.75, 3.05) is 0 Å². The lowest BCUT2D eigenvalue weighted by Crippen LogP contribution is -2.28. The number of hydrogen-bond acceptors (Lipinski definition) is 3. The molecule has 0 saturated heterocycles. The Balaban J connectivity index is 1.62. The zero-order valence-corrected chi connectivity index (χ0v) is 16.9. The van der Waals surface area contributed by atoms with Gasteiger partial charge >= 0.3 is 5.97 Å². The minimum Gasteiger partial charge on any atom is -0.489 e. The van der Waals surface area contributed by atoms with Gasteiger partial charge in [0, 0.05) is 12.3 Å². The van der Waals surface area contributed by atoms with Crippen LogP contribution in [0.15, 0.2) is 54.6 Å². The van der Waals surface area contributed by atoms with E-state index in [1.165, 1.54) is 12.0 Å². The molecule has 1 aliphatic rings. The number of benzene rings is 2. The van der Waals surface area contributed by atoms with Crippen molar-refractivity contribution in [3.8, 4) is 5.75 Å². The third-order valence-corrected chi connectivity index (χ3v) is 5.50. The number of rotatable bonds is 9. The van der Waals surface area contributed by atoms with Gasteiger partial charge in [0.25, 0.3) is 0 Å². The Hall–Kier alpha value is -2.29. The van der Waals surface area contributed by atoms with Crippen LogP contribution in [0.3, 0.4) is 0 Å². The minimum absolute atomic E-state index is 0.00718. The zero-order chi connectivity index (χ0) is 19.6. The Morgan fingerprint density at radius 1 is 1.00 bits per heavy atom. The average molecular weight is 381 g/mol. The second-order valence-electron chi connectivity index (χ2n) is 7.72. The van der Waals surface area contributed by atoms with Crippen LogP contribution in [0, 0.1) is 0 Å². The first-order chi connectivity index (χ1) is 13.8. The van der Waals surface area contributed by atoms with Crippen LogP contribution >= 0.6 is 0 Å². The van der Waals surface area contributed by atoms with Gasteiger partial charge in [0.05, 0.1) is 0 Å². The first-order valence-corrected chi connectivity index (χ1v) is 10.7. The van der Waals surface area contributed by atoms with Gasteiger partial charge in [0.2, 0.25) is 0 Å². The average Bonchev–Trinajstić information content (AvgIpc) is 2.74. The molecule has 1 saturated carbocycles. The Kier molecular flexibility index (Phi) is 7.95. The number of esters is 1. The van der Waals surface area contributed by atoms with Crippen LogP contribution in [-0.4, -0.2) is 12.1 Å². The fraction of sp³-hybridized carbons (Fsp3) is 0.480. The van der Waals surface area contributed by atoms with Gasteiger partial charge in [0.1, 0.15) is 18.5 Å². The molecule has 3 rings (SSSR count). The molecule has 0 bridgehead atoms. The highest BCUT2D eigenvalue weighted by Crippen LogP contribution is 2.36. The van der Waals surface area contributed by atoms with E-state index in [1.807, 2.05) is 30.3 Å². The molecule has 1 fully saturated rings. The van der Waals surface area contributed by atoms with Gasteiger partial charge in [0.15, 0.2) is 0 Å². The predicted molar refractivity (Wildman–Crippen MR) is 112 cm³/mol. The van der Waals surface area contributed by atoms with Crippen LogP contribution in [0.5, 0.6) is 5.75 Å². The van der Waals surface area contributed by atoms with Gasteiger partial charge in [-0.1, -0.05) is 68.7 Å². The van der Waals surface area contributed by atoms with Crippen LogP contribution in [0.4, 0.5) is 0 Å². The third kappa shape index (κ3) is 6.12. The lowest BCUT2D eigenvalue weighted by atomic mass is 9.81. The summed E-state index contributed by atoms with van der Waals surface area (Å²) in [6, 6.07) is 18.5. The van der Waals surface area contributed by atoms with E-state index in [0.717, 1.165) is 49.8 Å². The molecule has 0 aromatic heterocycles. The zero-order valence-electron chi connectivity index (χ0n) is 16.9. The third-order valence-electron chi connectivity index (χ3n) is 5.50. The summed E-state index contributed by atoms with van der Waals surface area (Å²) in [6.07, 6.45) is 8.00. The summed E-state index contributed by atoms with van der Waals surface area (Å²) in [5.74, 6) is 1.10. The van der Waals surface area contributed by atoms with Gasteiger partial charge in [-0.05, 0) is 48.9 Å². The Labute approximate surface area is 169 Å². The first kappa shape index (κ1) is 20.4. The molecule has 0 spiro atoms. The number of carbonyl (C=O) groups is 1. The van der Waals surface area contributed by atoms with Gasteiger partial charge < -0.3 is 9.47 Å². The van der Waals surface area contributed by atoms with Crippen molar-refractivity contribution in [1.29, 1.82) is 0 Å². The van der Waals surface area contributed by atoms with Crippen molar-refractivity contribution in [3.63, 3.8) is 0 Å². The minimum atomic E-state index is -0.0400. The molecule has 150 valence electrons. The molecule has 1 aliphatic carbocycles. The molecule has 2 aromatic rings. The lowest BCUT2D eigenvalue weighted by molar-refractivity contribution is -0.151. The number of hydrogen-bond donors (Lipinski definition) is 0. The topological polar surface area (TPSA) is 35.5 Å². The van der Waals surface area contributed by atoms with E-state index in [9.17, 15) is 4.79 Å².